The van der Waals surface area contributed by atoms with Crippen LogP contribution < -0.4 is 4.90 Å². The lowest BCUT2D eigenvalue weighted by atomic mass is 9.86. The summed E-state index contributed by atoms with van der Waals surface area (Å²) in [5.74, 6) is 2.91. The largest absolute Gasteiger partial charge is 0.444 e. The summed E-state index contributed by atoms with van der Waals surface area (Å²) in [4.78, 5) is 26.2. The summed E-state index contributed by atoms with van der Waals surface area (Å²) in [5, 5.41) is 5.83. The first-order valence-corrected chi connectivity index (χ1v) is 13.4. The molecule has 2 fully saturated rings. The van der Waals surface area contributed by atoms with E-state index in [-0.39, 0.29) is 6.09 Å². The molecule has 0 spiro atoms. The predicted octanol–water partition coefficient (Wildman–Crippen LogP) is 4.64. The van der Waals surface area contributed by atoms with Gasteiger partial charge in [-0.25, -0.2) is 19.4 Å². The zero-order valence-electron chi connectivity index (χ0n) is 22.7. The lowest BCUT2D eigenvalue weighted by molar-refractivity contribution is 0.0205. The van der Waals surface area contributed by atoms with Crippen molar-refractivity contribution in [2.24, 2.45) is 0 Å². The number of benzene rings is 1. The summed E-state index contributed by atoms with van der Waals surface area (Å²) in [5.41, 5.74) is 3.14. The lowest BCUT2D eigenvalue weighted by Crippen LogP contribution is -2.41. The Morgan fingerprint density at radius 3 is 2.43 bits per heavy atom. The molecule has 4 heterocycles. The molecule has 2 aliphatic heterocycles. The Morgan fingerprint density at radius 1 is 1.05 bits per heavy atom. The number of nitrogens with zero attached hydrogens (tertiary/aromatic N) is 6. The number of carbonyl (C=O) groups excluding carboxylic acids is 1. The van der Waals surface area contributed by atoms with Gasteiger partial charge in [-0.15, -0.1) is 0 Å². The van der Waals surface area contributed by atoms with Crippen molar-refractivity contribution in [3.05, 3.63) is 41.3 Å². The molecule has 9 nitrogen and oxygen atoms in total. The zero-order chi connectivity index (χ0) is 26.2. The maximum Gasteiger partial charge on any atom is 0.410 e. The zero-order valence-corrected chi connectivity index (χ0v) is 22.7. The van der Waals surface area contributed by atoms with Crippen molar-refractivity contribution < 1.29 is 14.3 Å². The van der Waals surface area contributed by atoms with Crippen LogP contribution in [0, 0.1) is 6.92 Å². The van der Waals surface area contributed by atoms with Gasteiger partial charge in [0.15, 0.2) is 5.82 Å². The highest BCUT2D eigenvalue weighted by Gasteiger charge is 2.28. The van der Waals surface area contributed by atoms with Crippen molar-refractivity contribution in [1.82, 2.24) is 24.6 Å². The van der Waals surface area contributed by atoms with E-state index in [2.05, 4.69) is 30.9 Å². The number of aromatic nitrogens is 4. The van der Waals surface area contributed by atoms with E-state index in [1.165, 1.54) is 11.1 Å². The molecular weight excluding hydrogens is 468 g/mol. The number of ether oxygens (including phenoxy) is 2. The standard InChI is InChI=1S/C28H38N6O3/c1-6-24-30-25(32-11-13-36-14-12-32)17-26(31-24)34-23-16-22(19(2)15-21(23)18-29-34)20-7-9-33(10-8-20)27(35)37-28(3,4)5/h15-18,20H,6-14H2,1-5H3. The van der Waals surface area contributed by atoms with E-state index in [1.54, 1.807) is 0 Å². The summed E-state index contributed by atoms with van der Waals surface area (Å²) < 4.78 is 13.1. The summed E-state index contributed by atoms with van der Waals surface area (Å²) in [6.07, 6.45) is 4.27. The molecule has 3 aromatic rings. The lowest BCUT2D eigenvalue weighted by Gasteiger charge is -2.34. The van der Waals surface area contributed by atoms with Gasteiger partial charge in [-0.1, -0.05) is 6.92 Å². The average Bonchev–Trinajstić information content (AvgIpc) is 3.30. The predicted molar refractivity (Wildman–Crippen MR) is 144 cm³/mol. The van der Waals surface area contributed by atoms with Crippen molar-refractivity contribution in [2.45, 2.75) is 65.4 Å². The van der Waals surface area contributed by atoms with Gasteiger partial charge < -0.3 is 19.3 Å². The van der Waals surface area contributed by atoms with Crippen LogP contribution in [0.2, 0.25) is 0 Å². The van der Waals surface area contributed by atoms with Gasteiger partial charge in [-0.2, -0.15) is 5.10 Å². The molecule has 0 N–H and O–H groups in total. The molecule has 9 heteroatoms. The second-order valence-corrected chi connectivity index (χ2v) is 11.0. The molecule has 5 rings (SSSR count). The van der Waals surface area contributed by atoms with Gasteiger partial charge in [0.25, 0.3) is 0 Å². The summed E-state index contributed by atoms with van der Waals surface area (Å²) >= 11 is 0. The van der Waals surface area contributed by atoms with E-state index in [9.17, 15) is 4.79 Å². The van der Waals surface area contributed by atoms with Crippen LogP contribution in [-0.2, 0) is 15.9 Å². The fourth-order valence-electron chi connectivity index (χ4n) is 5.22. The van der Waals surface area contributed by atoms with Crippen LogP contribution in [0.25, 0.3) is 16.7 Å². The number of carbonyl (C=O) groups is 1. The minimum absolute atomic E-state index is 0.220. The third kappa shape index (κ3) is 5.56. The number of rotatable bonds is 4. The molecule has 1 aromatic carbocycles. The topological polar surface area (TPSA) is 85.6 Å². The molecule has 0 bridgehead atoms. The molecule has 0 saturated carbocycles. The fourth-order valence-corrected chi connectivity index (χ4v) is 5.22. The van der Waals surface area contributed by atoms with Gasteiger partial charge in [0, 0.05) is 44.1 Å². The summed E-state index contributed by atoms with van der Waals surface area (Å²) in [7, 11) is 0. The monoisotopic (exact) mass is 506 g/mol. The van der Waals surface area contributed by atoms with E-state index in [1.807, 2.05) is 42.6 Å². The first-order chi connectivity index (χ1) is 17.7. The molecule has 0 radical (unpaired) electrons. The molecular formula is C28H38N6O3. The number of aryl methyl sites for hydroxylation is 2. The van der Waals surface area contributed by atoms with Crippen LogP contribution in [0.15, 0.2) is 24.4 Å². The van der Waals surface area contributed by atoms with Gasteiger partial charge >= 0.3 is 6.09 Å². The molecule has 198 valence electrons. The van der Waals surface area contributed by atoms with Crippen molar-refractivity contribution in [2.75, 3.05) is 44.3 Å². The van der Waals surface area contributed by atoms with E-state index >= 15 is 0 Å². The molecule has 37 heavy (non-hydrogen) atoms. The van der Waals surface area contributed by atoms with Crippen LogP contribution in [0.4, 0.5) is 10.6 Å². The maximum atomic E-state index is 12.5. The average molecular weight is 507 g/mol. The minimum atomic E-state index is -0.478. The normalized spacial score (nSPS) is 17.4. The highest BCUT2D eigenvalue weighted by atomic mass is 16.6. The second-order valence-electron chi connectivity index (χ2n) is 11.0. The van der Waals surface area contributed by atoms with Crippen molar-refractivity contribution in [1.29, 1.82) is 0 Å². The van der Waals surface area contributed by atoms with Crippen molar-refractivity contribution >= 4 is 22.8 Å². The third-order valence-electron chi connectivity index (χ3n) is 7.16. The SMILES string of the molecule is CCc1nc(N2CCOCC2)cc(-n2ncc3cc(C)c(C4CCN(C(=O)OC(C)(C)C)CC4)cc32)n1. The molecule has 2 aromatic heterocycles. The van der Waals surface area contributed by atoms with Crippen molar-refractivity contribution in [3.8, 4) is 5.82 Å². The first kappa shape index (κ1) is 25.4. The Hall–Kier alpha value is -3.20. The van der Waals surface area contributed by atoms with Crippen LogP contribution in [-0.4, -0.2) is 75.7 Å². The second kappa shape index (κ2) is 10.3. The van der Waals surface area contributed by atoms with Gasteiger partial charge in [-0.3, -0.25) is 0 Å². The van der Waals surface area contributed by atoms with Crippen LogP contribution in [0.1, 0.15) is 63.4 Å². The summed E-state index contributed by atoms with van der Waals surface area (Å²) in [6.45, 7) is 14.4. The van der Waals surface area contributed by atoms with Crippen LogP contribution in [0.3, 0.4) is 0 Å². The molecule has 0 unspecified atom stereocenters. The van der Waals surface area contributed by atoms with Crippen molar-refractivity contribution in [3.63, 3.8) is 0 Å². The Labute approximate surface area is 218 Å². The number of morpholine rings is 1. The number of hydrogen-bond donors (Lipinski definition) is 0. The quantitative estimate of drug-likeness (QED) is 0.510. The molecule has 0 aliphatic carbocycles. The highest BCUT2D eigenvalue weighted by Crippen LogP contribution is 2.34. The number of hydrogen-bond acceptors (Lipinski definition) is 7. The third-order valence-corrected chi connectivity index (χ3v) is 7.16. The highest BCUT2D eigenvalue weighted by molar-refractivity contribution is 5.82. The maximum absolute atomic E-state index is 12.5. The molecule has 1 amide bonds. The number of fused-ring (bicyclic) bond motifs is 1. The fraction of sp³-hybridized carbons (Fsp3) is 0.571. The van der Waals surface area contributed by atoms with E-state index in [0.29, 0.717) is 32.2 Å². The van der Waals surface area contributed by atoms with Gasteiger partial charge in [0.1, 0.15) is 17.2 Å². The number of amides is 1. The summed E-state index contributed by atoms with van der Waals surface area (Å²) in [6, 6.07) is 6.53. The Morgan fingerprint density at radius 2 is 1.76 bits per heavy atom. The van der Waals surface area contributed by atoms with Gasteiger partial charge in [-0.05, 0) is 69.7 Å². The smallest absolute Gasteiger partial charge is 0.410 e. The number of likely N-dealkylation sites (tertiary alicyclic amines) is 1. The Balaban J connectivity index is 1.42. The Bertz CT molecular complexity index is 1270. The van der Waals surface area contributed by atoms with E-state index in [4.69, 9.17) is 24.5 Å². The van der Waals surface area contributed by atoms with E-state index in [0.717, 1.165) is 60.7 Å². The van der Waals surface area contributed by atoms with E-state index < -0.39 is 5.60 Å². The molecule has 2 saturated heterocycles. The number of anilines is 1. The van der Waals surface area contributed by atoms with Crippen LogP contribution in [0.5, 0.6) is 0 Å². The Kier molecular flexibility index (Phi) is 7.07. The minimum Gasteiger partial charge on any atom is -0.444 e. The van der Waals surface area contributed by atoms with Gasteiger partial charge in [0.05, 0.1) is 24.9 Å². The molecule has 2 aliphatic rings. The number of piperidine rings is 1. The van der Waals surface area contributed by atoms with Gasteiger partial charge in [0.2, 0.25) is 0 Å². The molecule has 0 atom stereocenters. The van der Waals surface area contributed by atoms with Crippen LogP contribution >= 0.6 is 0 Å². The first-order valence-electron chi connectivity index (χ1n) is 13.4.